The van der Waals surface area contributed by atoms with Gasteiger partial charge in [0.1, 0.15) is 5.75 Å². The molecule has 2 aromatic carbocycles. The zero-order valence-corrected chi connectivity index (χ0v) is 14.5. The van der Waals surface area contributed by atoms with Crippen molar-refractivity contribution in [2.75, 3.05) is 13.7 Å². The molecule has 1 N–H and O–H groups in total. The maximum atomic E-state index is 12.6. The third-order valence-corrected chi connectivity index (χ3v) is 3.47. The lowest BCUT2D eigenvalue weighted by molar-refractivity contribution is -0.136. The molecule has 2 rings (SSSR count). The molecule has 0 saturated carbocycles. The van der Waals surface area contributed by atoms with Crippen LogP contribution in [0.3, 0.4) is 0 Å². The van der Waals surface area contributed by atoms with Crippen LogP contribution in [-0.4, -0.2) is 25.6 Å². The summed E-state index contributed by atoms with van der Waals surface area (Å²) in [4.78, 5) is 24.4. The fourth-order valence-corrected chi connectivity index (χ4v) is 2.39. The molecular weight excluding hydrogens is 318 g/mol. The second-order valence-corrected chi connectivity index (χ2v) is 5.25. The maximum absolute atomic E-state index is 12.6. The smallest absolute Gasteiger partial charge is 0.340 e. The van der Waals surface area contributed by atoms with Gasteiger partial charge in [-0.05, 0) is 30.2 Å². The largest absolute Gasteiger partial charge is 0.497 e. The summed E-state index contributed by atoms with van der Waals surface area (Å²) in [7, 11) is 1.57. The van der Waals surface area contributed by atoms with Crippen molar-refractivity contribution < 1.29 is 19.1 Å². The Labute approximate surface area is 147 Å². The highest BCUT2D eigenvalue weighted by molar-refractivity contribution is 6.25. The fraction of sp³-hybridized carbons (Fsp3) is 0.200. The second-order valence-electron chi connectivity index (χ2n) is 5.25. The molecule has 2 aromatic rings. The van der Waals surface area contributed by atoms with E-state index in [4.69, 9.17) is 9.47 Å². The molecule has 0 unspecified atom stereocenters. The molecule has 0 saturated heterocycles. The van der Waals surface area contributed by atoms with Gasteiger partial charge in [-0.2, -0.15) is 0 Å². The summed E-state index contributed by atoms with van der Waals surface area (Å²) in [6.07, 6.45) is 0. The standard InChI is InChI=1S/C20H21NO4/c1-4-25-20(23)18(15-10-12-17(24-3)13-11-15)19(21-14(2)22)16-8-6-5-7-9-16/h5-13H,4H2,1-3H3,(H,21,22)/b19-18-. The van der Waals surface area contributed by atoms with E-state index in [9.17, 15) is 9.59 Å². The van der Waals surface area contributed by atoms with Crippen LogP contribution in [0.4, 0.5) is 0 Å². The molecule has 0 spiro atoms. The lowest BCUT2D eigenvalue weighted by Crippen LogP contribution is -2.22. The number of carbonyl (C=O) groups is 2. The highest BCUT2D eigenvalue weighted by atomic mass is 16.5. The minimum Gasteiger partial charge on any atom is -0.497 e. The first-order valence-corrected chi connectivity index (χ1v) is 7.95. The summed E-state index contributed by atoms with van der Waals surface area (Å²) in [5.41, 5.74) is 2.06. The predicted molar refractivity (Wildman–Crippen MR) is 96.7 cm³/mol. The Morgan fingerprint density at radius 3 is 2.12 bits per heavy atom. The first-order valence-electron chi connectivity index (χ1n) is 7.95. The Morgan fingerprint density at radius 1 is 0.960 bits per heavy atom. The Hall–Kier alpha value is -3.08. The lowest BCUT2D eigenvalue weighted by Gasteiger charge is -2.16. The molecule has 5 nitrogen and oxygen atoms in total. The molecule has 0 aromatic heterocycles. The minimum absolute atomic E-state index is 0.237. The number of hydrogen-bond acceptors (Lipinski definition) is 4. The van der Waals surface area contributed by atoms with E-state index in [0.29, 0.717) is 22.6 Å². The van der Waals surface area contributed by atoms with Gasteiger partial charge in [-0.15, -0.1) is 0 Å². The molecule has 5 heteroatoms. The van der Waals surface area contributed by atoms with Crippen LogP contribution in [-0.2, 0) is 14.3 Å². The van der Waals surface area contributed by atoms with Gasteiger partial charge in [0.25, 0.3) is 0 Å². The van der Waals surface area contributed by atoms with Gasteiger partial charge in [-0.1, -0.05) is 42.5 Å². The second kappa shape index (κ2) is 8.68. The molecular formula is C20H21NO4. The Balaban J connectivity index is 2.67. The van der Waals surface area contributed by atoms with E-state index in [-0.39, 0.29) is 12.5 Å². The lowest BCUT2D eigenvalue weighted by atomic mass is 9.99. The summed E-state index contributed by atoms with van der Waals surface area (Å²) in [6.45, 7) is 3.38. The number of esters is 1. The van der Waals surface area contributed by atoms with Gasteiger partial charge >= 0.3 is 5.97 Å². The van der Waals surface area contributed by atoms with Crippen LogP contribution in [0, 0.1) is 0 Å². The van der Waals surface area contributed by atoms with Crippen molar-refractivity contribution in [3.63, 3.8) is 0 Å². The van der Waals surface area contributed by atoms with E-state index < -0.39 is 5.97 Å². The number of methoxy groups -OCH3 is 1. The van der Waals surface area contributed by atoms with Gasteiger partial charge in [0.15, 0.2) is 0 Å². The number of rotatable bonds is 6. The Kier molecular flexibility index (Phi) is 6.34. The topological polar surface area (TPSA) is 64.6 Å². The van der Waals surface area contributed by atoms with Gasteiger partial charge in [0.2, 0.25) is 5.91 Å². The molecule has 0 atom stereocenters. The number of nitrogens with one attached hydrogen (secondary N) is 1. The van der Waals surface area contributed by atoms with Gasteiger partial charge in [-0.3, -0.25) is 4.79 Å². The third kappa shape index (κ3) is 4.70. The minimum atomic E-state index is -0.500. The fourth-order valence-electron chi connectivity index (χ4n) is 2.39. The number of ether oxygens (including phenoxy) is 2. The molecule has 0 bridgehead atoms. The van der Waals surface area contributed by atoms with E-state index in [1.54, 1.807) is 38.3 Å². The summed E-state index contributed by atoms with van der Waals surface area (Å²) in [5.74, 6) is -0.0952. The van der Waals surface area contributed by atoms with Gasteiger partial charge < -0.3 is 14.8 Å². The highest BCUT2D eigenvalue weighted by Gasteiger charge is 2.21. The molecule has 1 amide bonds. The quantitative estimate of drug-likeness (QED) is 0.498. The van der Waals surface area contributed by atoms with Crippen molar-refractivity contribution >= 4 is 23.1 Å². The SMILES string of the molecule is CCOC(=O)/C(=C(\NC(C)=O)c1ccccc1)c1ccc(OC)cc1. The summed E-state index contributed by atoms with van der Waals surface area (Å²) < 4.78 is 10.4. The van der Waals surface area contributed by atoms with E-state index in [2.05, 4.69) is 5.32 Å². The van der Waals surface area contributed by atoms with Gasteiger partial charge in [-0.25, -0.2) is 4.79 Å². The monoisotopic (exact) mass is 339 g/mol. The molecule has 0 aliphatic carbocycles. The van der Waals surface area contributed by atoms with Crippen molar-refractivity contribution in [1.29, 1.82) is 0 Å². The first kappa shape index (κ1) is 18.3. The van der Waals surface area contributed by atoms with Crippen molar-refractivity contribution in [2.45, 2.75) is 13.8 Å². The predicted octanol–water partition coefficient (Wildman–Crippen LogP) is 3.26. The normalized spacial score (nSPS) is 11.3. The molecule has 0 heterocycles. The maximum Gasteiger partial charge on any atom is 0.340 e. The van der Waals surface area contributed by atoms with Crippen LogP contribution in [0.25, 0.3) is 11.3 Å². The van der Waals surface area contributed by atoms with Crippen LogP contribution in [0.2, 0.25) is 0 Å². The van der Waals surface area contributed by atoms with E-state index >= 15 is 0 Å². The summed E-state index contributed by atoms with van der Waals surface area (Å²) >= 11 is 0. The van der Waals surface area contributed by atoms with Crippen molar-refractivity contribution in [3.8, 4) is 5.75 Å². The van der Waals surface area contributed by atoms with Gasteiger partial charge in [0.05, 0.1) is 25.0 Å². The molecule has 0 aliphatic rings. The average Bonchev–Trinajstić information content (AvgIpc) is 2.62. The van der Waals surface area contributed by atoms with Crippen LogP contribution >= 0.6 is 0 Å². The Morgan fingerprint density at radius 2 is 1.60 bits per heavy atom. The van der Waals surface area contributed by atoms with Crippen LogP contribution in [0.1, 0.15) is 25.0 Å². The molecule has 130 valence electrons. The number of benzene rings is 2. The van der Waals surface area contributed by atoms with Crippen LogP contribution in [0.15, 0.2) is 54.6 Å². The summed E-state index contributed by atoms with van der Waals surface area (Å²) in [5, 5.41) is 2.77. The van der Waals surface area contributed by atoms with Crippen molar-refractivity contribution in [1.82, 2.24) is 5.32 Å². The third-order valence-electron chi connectivity index (χ3n) is 3.47. The van der Waals surface area contributed by atoms with E-state index in [0.717, 1.165) is 5.56 Å². The highest BCUT2D eigenvalue weighted by Crippen LogP contribution is 2.27. The molecule has 25 heavy (non-hydrogen) atoms. The van der Waals surface area contributed by atoms with Crippen molar-refractivity contribution in [3.05, 3.63) is 65.7 Å². The molecule has 0 aliphatic heterocycles. The van der Waals surface area contributed by atoms with E-state index in [1.165, 1.54) is 6.92 Å². The number of hydrogen-bond donors (Lipinski definition) is 1. The number of amides is 1. The first-order chi connectivity index (χ1) is 12.1. The zero-order valence-electron chi connectivity index (χ0n) is 14.5. The van der Waals surface area contributed by atoms with Crippen molar-refractivity contribution in [2.24, 2.45) is 0 Å². The van der Waals surface area contributed by atoms with E-state index in [1.807, 2.05) is 30.3 Å². The molecule has 0 fully saturated rings. The molecule has 0 radical (unpaired) electrons. The van der Waals surface area contributed by atoms with Gasteiger partial charge in [0, 0.05) is 6.92 Å². The zero-order chi connectivity index (χ0) is 18.2. The van der Waals surface area contributed by atoms with Crippen LogP contribution < -0.4 is 10.1 Å². The number of carbonyl (C=O) groups excluding carboxylic acids is 2. The Bertz CT molecular complexity index is 764. The van der Waals surface area contributed by atoms with Crippen LogP contribution in [0.5, 0.6) is 5.75 Å². The summed E-state index contributed by atoms with van der Waals surface area (Å²) in [6, 6.07) is 16.2. The average molecular weight is 339 g/mol.